The molecule has 1 fully saturated rings. The summed E-state index contributed by atoms with van der Waals surface area (Å²) in [5.41, 5.74) is 8.01. The first-order valence-corrected chi connectivity index (χ1v) is 9.75. The van der Waals surface area contributed by atoms with Crippen LogP contribution in [0.15, 0.2) is 35.3 Å². The second kappa shape index (κ2) is 7.48. The van der Waals surface area contributed by atoms with Crippen molar-refractivity contribution in [3.05, 3.63) is 56.6 Å². The number of nitrogen functional groups attached to an aromatic ring is 1. The van der Waals surface area contributed by atoms with Gasteiger partial charge in [0.2, 0.25) is 5.91 Å². The van der Waals surface area contributed by atoms with E-state index in [1.807, 2.05) is 0 Å². The Kier molecular flexibility index (Phi) is 5.03. The number of H-pyrrole nitrogens is 1. The predicted molar refractivity (Wildman–Crippen MR) is 110 cm³/mol. The van der Waals surface area contributed by atoms with Crippen LogP contribution in [0.5, 0.6) is 0 Å². The maximum absolute atomic E-state index is 12.8. The van der Waals surface area contributed by atoms with Gasteiger partial charge in [-0.15, -0.1) is 0 Å². The molecule has 1 saturated heterocycles. The lowest BCUT2D eigenvalue weighted by atomic mass is 10.0. The van der Waals surface area contributed by atoms with Crippen LogP contribution in [0.4, 0.5) is 5.69 Å². The first-order valence-electron chi connectivity index (χ1n) is 8.99. The van der Waals surface area contributed by atoms with Crippen LogP contribution in [0.2, 0.25) is 10.0 Å². The number of pyridine rings is 1. The Bertz CT molecular complexity index is 1090. The zero-order chi connectivity index (χ0) is 19.8. The number of nitrogens with one attached hydrogen (secondary N) is 1. The van der Waals surface area contributed by atoms with Gasteiger partial charge in [-0.3, -0.25) is 14.3 Å². The monoisotopic (exact) mass is 419 g/mol. The number of piperidine rings is 1. The molecule has 146 valence electrons. The summed E-state index contributed by atoms with van der Waals surface area (Å²) in [4.78, 5) is 34.0. The van der Waals surface area contributed by atoms with Gasteiger partial charge in [0.25, 0.3) is 0 Å². The van der Waals surface area contributed by atoms with Gasteiger partial charge >= 0.3 is 5.69 Å². The van der Waals surface area contributed by atoms with Crippen LogP contribution in [0, 0.1) is 0 Å². The number of nitrogens with zero attached hydrogens (tertiary/aromatic N) is 3. The largest absolute Gasteiger partial charge is 0.397 e. The highest BCUT2D eigenvalue weighted by Gasteiger charge is 2.27. The molecule has 0 saturated carbocycles. The highest BCUT2D eigenvalue weighted by molar-refractivity contribution is 6.34. The van der Waals surface area contributed by atoms with Gasteiger partial charge in [-0.25, -0.2) is 9.78 Å². The molecule has 1 atom stereocenters. The van der Waals surface area contributed by atoms with Crippen LogP contribution in [0.25, 0.3) is 11.2 Å². The van der Waals surface area contributed by atoms with Crippen molar-refractivity contribution in [3.63, 3.8) is 0 Å². The van der Waals surface area contributed by atoms with Crippen molar-refractivity contribution >= 4 is 46.0 Å². The minimum Gasteiger partial charge on any atom is -0.397 e. The number of amides is 1. The number of likely N-dealkylation sites (tertiary alicyclic amines) is 1. The molecule has 2 aromatic heterocycles. The second-order valence-electron chi connectivity index (χ2n) is 7.03. The summed E-state index contributed by atoms with van der Waals surface area (Å²) in [5, 5.41) is 1.00. The van der Waals surface area contributed by atoms with E-state index in [1.165, 1.54) is 6.20 Å². The molecule has 0 radical (unpaired) electrons. The Hall–Kier alpha value is -2.51. The molecule has 1 aromatic carbocycles. The van der Waals surface area contributed by atoms with Crippen LogP contribution in [0.1, 0.15) is 24.4 Å². The lowest BCUT2D eigenvalue weighted by molar-refractivity contribution is -0.132. The van der Waals surface area contributed by atoms with Crippen molar-refractivity contribution in [2.45, 2.75) is 25.3 Å². The van der Waals surface area contributed by atoms with E-state index in [1.54, 1.807) is 33.7 Å². The number of halogens is 2. The maximum atomic E-state index is 12.8. The Labute approximate surface area is 171 Å². The Balaban J connectivity index is 1.56. The number of nitrogens with two attached hydrogens (primary N) is 1. The average molecular weight is 420 g/mol. The highest BCUT2D eigenvalue weighted by Crippen LogP contribution is 2.25. The van der Waals surface area contributed by atoms with Crippen LogP contribution >= 0.6 is 23.2 Å². The van der Waals surface area contributed by atoms with Crippen LogP contribution in [-0.4, -0.2) is 38.4 Å². The van der Waals surface area contributed by atoms with Gasteiger partial charge < -0.3 is 10.6 Å². The molecule has 0 unspecified atom stereocenters. The molecule has 3 heterocycles. The average Bonchev–Trinajstić information content (AvgIpc) is 2.96. The second-order valence-corrected chi connectivity index (χ2v) is 7.90. The third-order valence-electron chi connectivity index (χ3n) is 4.98. The smallest absolute Gasteiger partial charge is 0.327 e. The number of hydrogen-bond acceptors (Lipinski definition) is 4. The number of hydrogen-bond donors (Lipinski definition) is 2. The number of carbonyl (C=O) groups excluding carboxylic acids is 1. The van der Waals surface area contributed by atoms with Crippen LogP contribution < -0.4 is 11.4 Å². The quantitative estimate of drug-likeness (QED) is 0.681. The van der Waals surface area contributed by atoms with Gasteiger partial charge in [0, 0.05) is 23.1 Å². The van der Waals surface area contributed by atoms with E-state index in [-0.39, 0.29) is 24.1 Å². The van der Waals surface area contributed by atoms with E-state index >= 15 is 0 Å². The van der Waals surface area contributed by atoms with Gasteiger partial charge in [-0.1, -0.05) is 23.2 Å². The predicted octanol–water partition coefficient (Wildman–Crippen LogP) is 3.02. The lowest BCUT2D eigenvalue weighted by Gasteiger charge is -2.33. The van der Waals surface area contributed by atoms with Crippen molar-refractivity contribution in [1.82, 2.24) is 19.4 Å². The van der Waals surface area contributed by atoms with Crippen molar-refractivity contribution in [2.75, 3.05) is 18.8 Å². The fourth-order valence-corrected chi connectivity index (χ4v) is 4.34. The number of fused-ring (bicyclic) bond motifs is 1. The molecule has 0 aliphatic carbocycles. The molecule has 0 spiro atoms. The topological polar surface area (TPSA) is 97.0 Å². The Morgan fingerprint density at radius 3 is 2.75 bits per heavy atom. The number of carbonyl (C=O) groups is 1. The van der Waals surface area contributed by atoms with Crippen LogP contribution in [0.3, 0.4) is 0 Å². The van der Waals surface area contributed by atoms with Gasteiger partial charge in [0.15, 0.2) is 5.65 Å². The number of benzene rings is 1. The molecule has 1 aliphatic rings. The Morgan fingerprint density at radius 1 is 1.25 bits per heavy atom. The van der Waals surface area contributed by atoms with Crippen molar-refractivity contribution in [3.8, 4) is 0 Å². The summed E-state index contributed by atoms with van der Waals surface area (Å²) in [6.45, 7) is 1.11. The molecule has 7 nitrogen and oxygen atoms in total. The molecule has 28 heavy (non-hydrogen) atoms. The summed E-state index contributed by atoms with van der Waals surface area (Å²) < 4.78 is 1.66. The summed E-state index contributed by atoms with van der Waals surface area (Å²) in [5.74, 6) is -0.0198. The van der Waals surface area contributed by atoms with E-state index in [0.29, 0.717) is 40.0 Å². The summed E-state index contributed by atoms with van der Waals surface area (Å²) in [7, 11) is 0. The third kappa shape index (κ3) is 3.72. The number of rotatable bonds is 3. The summed E-state index contributed by atoms with van der Waals surface area (Å²) >= 11 is 12.1. The van der Waals surface area contributed by atoms with Gasteiger partial charge in [0.05, 0.1) is 29.9 Å². The van der Waals surface area contributed by atoms with E-state index in [0.717, 1.165) is 18.4 Å². The third-order valence-corrected chi connectivity index (χ3v) is 5.42. The summed E-state index contributed by atoms with van der Waals surface area (Å²) in [6.07, 6.45) is 3.33. The highest BCUT2D eigenvalue weighted by atomic mass is 35.5. The van der Waals surface area contributed by atoms with E-state index in [9.17, 15) is 9.59 Å². The fourth-order valence-electron chi connectivity index (χ4n) is 3.77. The molecule has 3 aromatic rings. The van der Waals surface area contributed by atoms with E-state index < -0.39 is 0 Å². The number of aromatic nitrogens is 3. The molecule has 9 heteroatoms. The minimum atomic E-state index is -0.242. The SMILES string of the molecule is Nc1cnc2[nH]c(=O)n([C@H]3CCCN(C(=O)Cc4cc(Cl)cc(Cl)c4)C3)c2c1. The number of imidazole rings is 1. The van der Waals surface area contributed by atoms with Crippen molar-refractivity contribution in [2.24, 2.45) is 0 Å². The standard InChI is InChI=1S/C19H19Cl2N5O2/c20-12-4-11(5-13(21)7-12)6-17(27)25-3-1-2-15(10-25)26-16-8-14(22)9-23-18(16)24-19(26)28/h4-5,7-9,15H,1-3,6,10,22H2,(H,23,24,28)/t15-/m0/s1. The molecular weight excluding hydrogens is 401 g/mol. The molecule has 3 N–H and O–H groups in total. The minimum absolute atomic E-state index is 0.0198. The van der Waals surface area contributed by atoms with Gasteiger partial charge in [0.1, 0.15) is 0 Å². The summed E-state index contributed by atoms with van der Waals surface area (Å²) in [6, 6.07) is 6.72. The first kappa shape index (κ1) is 18.8. The molecule has 1 aliphatic heterocycles. The first-order chi connectivity index (χ1) is 13.4. The maximum Gasteiger partial charge on any atom is 0.327 e. The Morgan fingerprint density at radius 2 is 2.00 bits per heavy atom. The normalized spacial score (nSPS) is 17.2. The van der Waals surface area contributed by atoms with Crippen molar-refractivity contribution in [1.29, 1.82) is 0 Å². The zero-order valence-electron chi connectivity index (χ0n) is 15.0. The molecule has 0 bridgehead atoms. The van der Waals surface area contributed by atoms with Gasteiger partial charge in [-0.2, -0.15) is 0 Å². The fraction of sp³-hybridized carbons (Fsp3) is 0.316. The number of aromatic amines is 1. The molecule has 4 rings (SSSR count). The lowest BCUT2D eigenvalue weighted by Crippen LogP contribution is -2.43. The molecule has 1 amide bonds. The van der Waals surface area contributed by atoms with E-state index in [2.05, 4.69) is 9.97 Å². The van der Waals surface area contributed by atoms with E-state index in [4.69, 9.17) is 28.9 Å². The number of anilines is 1. The zero-order valence-corrected chi connectivity index (χ0v) is 16.5. The molecular formula is C19H19Cl2N5O2. The van der Waals surface area contributed by atoms with Gasteiger partial charge in [-0.05, 0) is 42.7 Å². The van der Waals surface area contributed by atoms with Crippen LogP contribution in [-0.2, 0) is 11.2 Å². The van der Waals surface area contributed by atoms with Crippen molar-refractivity contribution < 1.29 is 4.79 Å².